The molecule has 0 saturated heterocycles. The summed E-state index contributed by atoms with van der Waals surface area (Å²) in [6, 6.07) is 8.58. The molecule has 0 aliphatic carbocycles. The average Bonchev–Trinajstić information content (AvgIpc) is 2.53. The Balaban J connectivity index is 1.99. The molecule has 0 fully saturated rings. The number of aromatic nitrogens is 1. The molecule has 1 aromatic carbocycles. The maximum absolute atomic E-state index is 12.7. The number of rotatable bonds is 2. The van der Waals surface area contributed by atoms with Crippen LogP contribution < -0.4 is 14.4 Å². The fraction of sp³-hybridized carbons (Fsp3) is 0.200. The van der Waals surface area contributed by atoms with Crippen LogP contribution in [0.15, 0.2) is 36.5 Å². The predicted octanol–water partition coefficient (Wildman–Crippen LogP) is 2.78. The van der Waals surface area contributed by atoms with Crippen molar-refractivity contribution in [3.05, 3.63) is 47.2 Å². The van der Waals surface area contributed by atoms with Crippen LogP contribution in [-0.4, -0.2) is 31.2 Å². The van der Waals surface area contributed by atoms with E-state index < -0.39 is 0 Å². The quantitative estimate of drug-likeness (QED) is 0.801. The molecule has 0 unspecified atom stereocenters. The van der Waals surface area contributed by atoms with Crippen LogP contribution in [0, 0.1) is 0 Å². The molecule has 1 aliphatic heterocycles. The van der Waals surface area contributed by atoms with Crippen LogP contribution in [0.2, 0.25) is 5.15 Å². The largest absolute Gasteiger partial charge is 0.497 e. The molecular formula is C15H13ClN2O3. The minimum absolute atomic E-state index is 0.142. The van der Waals surface area contributed by atoms with E-state index in [1.54, 1.807) is 42.3 Å². The number of carbonyl (C=O) groups excluding carboxylic acids is 1. The van der Waals surface area contributed by atoms with Crippen LogP contribution in [0.3, 0.4) is 0 Å². The highest BCUT2D eigenvalue weighted by Gasteiger charge is 2.25. The number of amides is 1. The first-order valence-corrected chi connectivity index (χ1v) is 6.81. The summed E-state index contributed by atoms with van der Waals surface area (Å²) < 4.78 is 10.8. The second-order valence-corrected chi connectivity index (χ2v) is 4.89. The van der Waals surface area contributed by atoms with Crippen molar-refractivity contribution in [3.8, 4) is 11.5 Å². The minimum Gasteiger partial charge on any atom is -0.497 e. The molecule has 21 heavy (non-hydrogen) atoms. The van der Waals surface area contributed by atoms with E-state index in [0.29, 0.717) is 41.1 Å². The molecule has 0 saturated carbocycles. The number of hydrogen-bond acceptors (Lipinski definition) is 4. The third-order valence-electron chi connectivity index (χ3n) is 3.25. The molecule has 0 spiro atoms. The van der Waals surface area contributed by atoms with Gasteiger partial charge in [0.15, 0.2) is 0 Å². The molecular weight excluding hydrogens is 292 g/mol. The number of fused-ring (bicyclic) bond motifs is 1. The van der Waals surface area contributed by atoms with E-state index >= 15 is 0 Å². The van der Waals surface area contributed by atoms with Crippen molar-refractivity contribution >= 4 is 23.2 Å². The Kier molecular flexibility index (Phi) is 3.66. The Morgan fingerprint density at radius 3 is 3.00 bits per heavy atom. The lowest BCUT2D eigenvalue weighted by Crippen LogP contribution is -2.38. The number of anilines is 1. The lowest BCUT2D eigenvalue weighted by atomic mass is 10.1. The van der Waals surface area contributed by atoms with Gasteiger partial charge >= 0.3 is 0 Å². The normalized spacial score (nSPS) is 13.3. The molecule has 0 atom stereocenters. The van der Waals surface area contributed by atoms with Gasteiger partial charge in [-0.3, -0.25) is 4.79 Å². The van der Waals surface area contributed by atoms with Crippen LogP contribution in [0.1, 0.15) is 10.4 Å². The van der Waals surface area contributed by atoms with Crippen molar-refractivity contribution in [2.45, 2.75) is 0 Å². The second-order valence-electron chi connectivity index (χ2n) is 4.51. The lowest BCUT2D eigenvalue weighted by molar-refractivity contribution is 0.0976. The van der Waals surface area contributed by atoms with Gasteiger partial charge in [-0.05, 0) is 24.3 Å². The van der Waals surface area contributed by atoms with Crippen molar-refractivity contribution in [2.24, 2.45) is 0 Å². The molecule has 108 valence electrons. The summed E-state index contributed by atoms with van der Waals surface area (Å²) in [5, 5.41) is 0.292. The zero-order valence-electron chi connectivity index (χ0n) is 11.4. The Bertz CT molecular complexity index is 690. The molecule has 2 heterocycles. The maximum atomic E-state index is 12.7. The molecule has 1 aliphatic rings. The van der Waals surface area contributed by atoms with Gasteiger partial charge in [-0.1, -0.05) is 11.6 Å². The monoisotopic (exact) mass is 304 g/mol. The number of ether oxygens (including phenoxy) is 2. The van der Waals surface area contributed by atoms with Crippen LogP contribution >= 0.6 is 11.6 Å². The Morgan fingerprint density at radius 2 is 2.24 bits per heavy atom. The first-order valence-electron chi connectivity index (χ1n) is 6.43. The summed E-state index contributed by atoms with van der Waals surface area (Å²) >= 11 is 5.85. The Morgan fingerprint density at radius 1 is 1.38 bits per heavy atom. The molecule has 0 radical (unpaired) electrons. The van der Waals surface area contributed by atoms with Crippen molar-refractivity contribution in [3.63, 3.8) is 0 Å². The zero-order chi connectivity index (χ0) is 14.8. The number of pyridine rings is 1. The van der Waals surface area contributed by atoms with Gasteiger partial charge in [0.2, 0.25) is 0 Å². The highest BCUT2D eigenvalue weighted by Crippen LogP contribution is 2.35. The molecule has 0 bridgehead atoms. The van der Waals surface area contributed by atoms with E-state index in [9.17, 15) is 4.79 Å². The standard InChI is InChI=1S/C15H13ClN2O3/c1-20-11-2-3-13-12(9-11)18(6-7-21-13)15(19)10-4-5-17-14(16)8-10/h2-5,8-9H,6-7H2,1H3. The van der Waals surface area contributed by atoms with Gasteiger partial charge < -0.3 is 14.4 Å². The van der Waals surface area contributed by atoms with Gasteiger partial charge in [0.05, 0.1) is 19.3 Å². The number of carbonyl (C=O) groups is 1. The van der Waals surface area contributed by atoms with E-state index in [2.05, 4.69) is 4.98 Å². The molecule has 2 aromatic rings. The Hall–Kier alpha value is -2.27. The topological polar surface area (TPSA) is 51.7 Å². The average molecular weight is 305 g/mol. The van der Waals surface area contributed by atoms with Crippen LogP contribution in [-0.2, 0) is 0 Å². The summed E-state index contributed by atoms with van der Waals surface area (Å²) in [4.78, 5) is 18.2. The maximum Gasteiger partial charge on any atom is 0.258 e. The predicted molar refractivity (Wildman–Crippen MR) is 79.4 cm³/mol. The lowest BCUT2D eigenvalue weighted by Gasteiger charge is -2.29. The molecule has 5 nitrogen and oxygen atoms in total. The number of halogens is 1. The number of nitrogens with zero attached hydrogens (tertiary/aromatic N) is 2. The smallest absolute Gasteiger partial charge is 0.258 e. The SMILES string of the molecule is COc1ccc2c(c1)N(C(=O)c1ccnc(Cl)c1)CCO2. The van der Waals surface area contributed by atoms with Crippen LogP contribution in [0.5, 0.6) is 11.5 Å². The highest BCUT2D eigenvalue weighted by atomic mass is 35.5. The number of hydrogen-bond donors (Lipinski definition) is 0. The van der Waals surface area contributed by atoms with Crippen molar-refractivity contribution in [1.82, 2.24) is 4.98 Å². The third-order valence-corrected chi connectivity index (χ3v) is 3.45. The van der Waals surface area contributed by atoms with Crippen LogP contribution in [0.25, 0.3) is 0 Å². The van der Waals surface area contributed by atoms with E-state index in [-0.39, 0.29) is 5.91 Å². The van der Waals surface area contributed by atoms with Gasteiger partial charge in [0, 0.05) is 17.8 Å². The minimum atomic E-state index is -0.142. The molecule has 0 N–H and O–H groups in total. The first-order chi connectivity index (χ1) is 10.2. The Labute approximate surface area is 127 Å². The molecule has 6 heteroatoms. The summed E-state index contributed by atoms with van der Waals surface area (Å²) in [6.45, 7) is 0.919. The van der Waals surface area contributed by atoms with Gasteiger partial charge in [0.1, 0.15) is 23.3 Å². The summed E-state index contributed by atoms with van der Waals surface area (Å²) in [6.07, 6.45) is 1.52. The number of benzene rings is 1. The van der Waals surface area contributed by atoms with E-state index in [0.717, 1.165) is 0 Å². The third kappa shape index (κ3) is 2.64. The molecule has 1 aromatic heterocycles. The van der Waals surface area contributed by atoms with Crippen molar-refractivity contribution < 1.29 is 14.3 Å². The van der Waals surface area contributed by atoms with Crippen molar-refractivity contribution in [2.75, 3.05) is 25.2 Å². The van der Waals surface area contributed by atoms with E-state index in [1.165, 1.54) is 6.20 Å². The first kappa shape index (κ1) is 13.7. The second kappa shape index (κ2) is 5.61. The molecule has 3 rings (SSSR count). The van der Waals surface area contributed by atoms with E-state index in [1.807, 2.05) is 0 Å². The fourth-order valence-corrected chi connectivity index (χ4v) is 2.40. The van der Waals surface area contributed by atoms with Gasteiger partial charge in [-0.25, -0.2) is 4.98 Å². The van der Waals surface area contributed by atoms with Crippen LogP contribution in [0.4, 0.5) is 5.69 Å². The number of methoxy groups -OCH3 is 1. The summed E-state index contributed by atoms with van der Waals surface area (Å²) in [7, 11) is 1.58. The molecule has 1 amide bonds. The summed E-state index contributed by atoms with van der Waals surface area (Å²) in [5.41, 5.74) is 1.18. The van der Waals surface area contributed by atoms with Crippen molar-refractivity contribution in [1.29, 1.82) is 0 Å². The summed E-state index contributed by atoms with van der Waals surface area (Å²) in [5.74, 6) is 1.19. The fourth-order valence-electron chi connectivity index (χ4n) is 2.23. The zero-order valence-corrected chi connectivity index (χ0v) is 12.1. The van der Waals surface area contributed by atoms with Gasteiger partial charge in [0.25, 0.3) is 5.91 Å². The van der Waals surface area contributed by atoms with Gasteiger partial charge in [-0.15, -0.1) is 0 Å². The van der Waals surface area contributed by atoms with Gasteiger partial charge in [-0.2, -0.15) is 0 Å². The van der Waals surface area contributed by atoms with E-state index in [4.69, 9.17) is 21.1 Å². The highest BCUT2D eigenvalue weighted by molar-refractivity contribution is 6.29.